The highest BCUT2D eigenvalue weighted by atomic mass is 16.6. The molecule has 4 amide bonds. The molecule has 0 aliphatic carbocycles. The summed E-state index contributed by atoms with van der Waals surface area (Å²) in [5.41, 5.74) is 6.29. The molecule has 1 aromatic rings. The van der Waals surface area contributed by atoms with Crippen LogP contribution in [0.2, 0.25) is 0 Å². The molecule has 0 heterocycles. The number of nitrogens with zero attached hydrogens (tertiary/aromatic N) is 1. The Bertz CT molecular complexity index is 978. The molecule has 1 rings (SSSR count). The number of amides is 4. The summed E-state index contributed by atoms with van der Waals surface area (Å²) in [5.74, 6) is -1.72. The van der Waals surface area contributed by atoms with Crippen LogP contribution in [0.1, 0.15) is 97.4 Å². The third kappa shape index (κ3) is 10.1. The van der Waals surface area contributed by atoms with E-state index in [0.29, 0.717) is 5.56 Å². The van der Waals surface area contributed by atoms with Gasteiger partial charge in [0.1, 0.15) is 17.7 Å². The van der Waals surface area contributed by atoms with Crippen LogP contribution in [0.25, 0.3) is 0 Å². The second kappa shape index (κ2) is 12.9. The van der Waals surface area contributed by atoms with Gasteiger partial charge in [-0.15, -0.1) is 0 Å². The molecule has 9 nitrogen and oxygen atoms in total. The molecule has 0 radical (unpaired) electrons. The number of nitrogens with one attached hydrogen (secondary N) is 2. The van der Waals surface area contributed by atoms with E-state index in [4.69, 9.17) is 10.5 Å². The van der Waals surface area contributed by atoms with E-state index in [1.54, 1.807) is 41.5 Å². The molecule has 0 aliphatic heterocycles. The van der Waals surface area contributed by atoms with Crippen LogP contribution in [0.15, 0.2) is 18.2 Å². The Balaban J connectivity index is 3.65. The molecule has 9 heteroatoms. The number of hydrogen-bond donors (Lipinski definition) is 3. The lowest BCUT2D eigenvalue weighted by atomic mass is 9.91. The highest BCUT2D eigenvalue weighted by Crippen LogP contribution is 2.32. The molecule has 4 N–H and O–H groups in total. The summed E-state index contributed by atoms with van der Waals surface area (Å²) in [6.07, 6.45) is 0.361. The maximum absolute atomic E-state index is 14.1. The predicted molar refractivity (Wildman–Crippen MR) is 145 cm³/mol. The van der Waals surface area contributed by atoms with Crippen molar-refractivity contribution in [3.63, 3.8) is 0 Å². The highest BCUT2D eigenvalue weighted by Gasteiger charge is 2.43. The van der Waals surface area contributed by atoms with E-state index in [1.165, 1.54) is 4.90 Å². The maximum atomic E-state index is 14.1. The molecule has 0 saturated carbocycles. The second-order valence-electron chi connectivity index (χ2n) is 11.7. The number of benzene rings is 1. The number of hydrogen-bond acceptors (Lipinski definition) is 5. The van der Waals surface area contributed by atoms with Gasteiger partial charge in [-0.2, -0.15) is 0 Å². The SMILES string of the molecule is CCCC(C)NC(=O)C(c1ccc(C)cc1C)N(C(=O)C(CC(N)=O)NC(=O)OC(C)(C)C)C(C)(C)C. The second-order valence-corrected chi connectivity index (χ2v) is 11.7. The van der Waals surface area contributed by atoms with Gasteiger partial charge in [0.05, 0.1) is 6.42 Å². The molecule has 0 spiro atoms. The van der Waals surface area contributed by atoms with Gasteiger partial charge in [-0.1, -0.05) is 37.1 Å². The largest absolute Gasteiger partial charge is 0.444 e. The van der Waals surface area contributed by atoms with Crippen LogP contribution < -0.4 is 16.4 Å². The number of primary amides is 1. The fourth-order valence-corrected chi connectivity index (χ4v) is 4.22. The molecule has 0 aliphatic rings. The number of nitrogens with two attached hydrogens (primary N) is 1. The van der Waals surface area contributed by atoms with Crippen molar-refractivity contribution >= 4 is 23.8 Å². The van der Waals surface area contributed by atoms with Crippen molar-refractivity contribution in [1.82, 2.24) is 15.5 Å². The molecule has 3 unspecified atom stereocenters. The fraction of sp³-hybridized carbons (Fsp3) is 0.643. The van der Waals surface area contributed by atoms with Gasteiger partial charge in [0.2, 0.25) is 17.7 Å². The summed E-state index contributed by atoms with van der Waals surface area (Å²) in [7, 11) is 0. The molecule has 37 heavy (non-hydrogen) atoms. The van der Waals surface area contributed by atoms with Gasteiger partial charge in [0.25, 0.3) is 0 Å². The number of carbonyl (C=O) groups is 4. The van der Waals surface area contributed by atoms with E-state index < -0.39 is 47.6 Å². The lowest BCUT2D eigenvalue weighted by molar-refractivity contribution is -0.149. The first-order valence-electron chi connectivity index (χ1n) is 12.9. The van der Waals surface area contributed by atoms with Crippen molar-refractivity contribution in [2.24, 2.45) is 5.73 Å². The molecule has 0 fully saturated rings. The van der Waals surface area contributed by atoms with E-state index in [0.717, 1.165) is 24.0 Å². The van der Waals surface area contributed by atoms with Gasteiger partial charge >= 0.3 is 6.09 Å². The summed E-state index contributed by atoms with van der Waals surface area (Å²) >= 11 is 0. The minimum Gasteiger partial charge on any atom is -0.444 e. The van der Waals surface area contributed by atoms with Crippen molar-refractivity contribution in [1.29, 1.82) is 0 Å². The molecule has 0 bridgehead atoms. The average molecular weight is 519 g/mol. The Morgan fingerprint density at radius 2 is 1.62 bits per heavy atom. The van der Waals surface area contributed by atoms with E-state index in [-0.39, 0.29) is 11.9 Å². The third-order valence-corrected chi connectivity index (χ3v) is 5.69. The van der Waals surface area contributed by atoms with Crippen molar-refractivity contribution in [2.75, 3.05) is 0 Å². The zero-order valence-electron chi connectivity index (χ0n) is 24.2. The lowest BCUT2D eigenvalue weighted by Crippen LogP contribution is -2.59. The Kier molecular flexibility index (Phi) is 11.2. The van der Waals surface area contributed by atoms with Crippen LogP contribution >= 0.6 is 0 Å². The topological polar surface area (TPSA) is 131 Å². The molecule has 0 saturated heterocycles. The first-order chi connectivity index (χ1) is 16.9. The first-order valence-corrected chi connectivity index (χ1v) is 12.9. The molecule has 3 atom stereocenters. The van der Waals surface area contributed by atoms with Crippen molar-refractivity contribution in [2.45, 2.75) is 118 Å². The minimum absolute atomic E-state index is 0.107. The van der Waals surface area contributed by atoms with Gasteiger partial charge in [0, 0.05) is 11.6 Å². The molecular weight excluding hydrogens is 472 g/mol. The van der Waals surface area contributed by atoms with Crippen LogP contribution in [0.4, 0.5) is 4.79 Å². The van der Waals surface area contributed by atoms with Gasteiger partial charge in [-0.3, -0.25) is 14.4 Å². The summed E-state index contributed by atoms with van der Waals surface area (Å²) in [6.45, 7) is 18.3. The zero-order valence-corrected chi connectivity index (χ0v) is 24.2. The molecular formula is C28H46N4O5. The van der Waals surface area contributed by atoms with Crippen molar-refractivity contribution in [3.05, 3.63) is 34.9 Å². The standard InChI is InChI=1S/C28H46N4O5/c1-11-12-19(4)30-24(34)23(20-14-13-17(2)15-18(20)3)32(27(5,6)7)25(35)21(16-22(29)33)31-26(36)37-28(8,9)10/h13-15,19,21,23H,11-12,16H2,1-10H3,(H2,29,33)(H,30,34)(H,31,36). The Labute approximate surface area is 221 Å². The predicted octanol–water partition coefficient (Wildman–Crippen LogP) is 4.05. The average Bonchev–Trinajstić information content (AvgIpc) is 2.69. The normalized spacial score (nSPS) is 14.2. The highest BCUT2D eigenvalue weighted by molar-refractivity contribution is 5.95. The summed E-state index contributed by atoms with van der Waals surface area (Å²) in [4.78, 5) is 53.8. The number of ether oxygens (including phenoxy) is 1. The number of alkyl carbamates (subject to hydrolysis) is 1. The maximum Gasteiger partial charge on any atom is 0.408 e. The molecule has 0 aromatic heterocycles. The number of carbonyl (C=O) groups excluding carboxylic acids is 4. The van der Waals surface area contributed by atoms with E-state index in [1.807, 2.05) is 45.9 Å². The first kappa shape index (κ1) is 31.9. The Morgan fingerprint density at radius 3 is 2.08 bits per heavy atom. The fourth-order valence-electron chi connectivity index (χ4n) is 4.22. The van der Waals surface area contributed by atoms with Crippen LogP contribution in [0.5, 0.6) is 0 Å². The number of rotatable bonds is 10. The van der Waals surface area contributed by atoms with Crippen molar-refractivity contribution < 1.29 is 23.9 Å². The quantitative estimate of drug-likeness (QED) is 0.430. The summed E-state index contributed by atoms with van der Waals surface area (Å²) < 4.78 is 5.32. The van der Waals surface area contributed by atoms with Crippen LogP contribution in [-0.4, -0.2) is 51.9 Å². The molecule has 208 valence electrons. The van der Waals surface area contributed by atoms with Gasteiger partial charge in [-0.05, 0) is 79.9 Å². The minimum atomic E-state index is -1.32. The monoisotopic (exact) mass is 518 g/mol. The summed E-state index contributed by atoms with van der Waals surface area (Å²) in [5, 5.41) is 5.55. The van der Waals surface area contributed by atoms with Crippen LogP contribution in [0.3, 0.4) is 0 Å². The lowest BCUT2D eigenvalue weighted by Gasteiger charge is -2.43. The van der Waals surface area contributed by atoms with Gasteiger partial charge < -0.3 is 26.0 Å². The van der Waals surface area contributed by atoms with E-state index in [9.17, 15) is 19.2 Å². The summed E-state index contributed by atoms with van der Waals surface area (Å²) in [6, 6.07) is 3.25. The van der Waals surface area contributed by atoms with Gasteiger partial charge in [-0.25, -0.2) is 4.79 Å². The smallest absolute Gasteiger partial charge is 0.408 e. The Morgan fingerprint density at radius 1 is 1.03 bits per heavy atom. The third-order valence-electron chi connectivity index (χ3n) is 5.69. The molecule has 1 aromatic carbocycles. The van der Waals surface area contributed by atoms with E-state index >= 15 is 0 Å². The zero-order chi connectivity index (χ0) is 28.7. The van der Waals surface area contributed by atoms with Crippen LogP contribution in [0, 0.1) is 13.8 Å². The Hall–Kier alpha value is -3.10. The van der Waals surface area contributed by atoms with Crippen LogP contribution in [-0.2, 0) is 19.1 Å². The van der Waals surface area contributed by atoms with Gasteiger partial charge in [0.15, 0.2) is 0 Å². The number of aryl methyl sites for hydroxylation is 2. The van der Waals surface area contributed by atoms with Crippen molar-refractivity contribution in [3.8, 4) is 0 Å². The van der Waals surface area contributed by atoms with E-state index in [2.05, 4.69) is 10.6 Å².